The van der Waals surface area contributed by atoms with Crippen LogP contribution in [0.15, 0.2) is 54.6 Å². The first kappa shape index (κ1) is 21.2. The number of rotatable bonds is 10. The van der Waals surface area contributed by atoms with Gasteiger partial charge in [0.2, 0.25) is 0 Å². The normalized spacial score (nSPS) is 11.4. The fourth-order valence-electron chi connectivity index (χ4n) is 2.53. The minimum absolute atomic E-state index is 0.164. The van der Waals surface area contributed by atoms with E-state index in [0.717, 1.165) is 12.0 Å². The minimum atomic E-state index is -0.665. The molecule has 0 aromatic heterocycles. The molecule has 6 nitrogen and oxygen atoms in total. The maximum absolute atomic E-state index is 12.0. The van der Waals surface area contributed by atoms with Gasteiger partial charge in [-0.1, -0.05) is 49.4 Å². The van der Waals surface area contributed by atoms with Crippen molar-refractivity contribution in [2.45, 2.75) is 32.7 Å². The summed E-state index contributed by atoms with van der Waals surface area (Å²) in [5.41, 5.74) is 2.10. The second-order valence-corrected chi connectivity index (χ2v) is 6.37. The van der Waals surface area contributed by atoms with Gasteiger partial charge in [-0.3, -0.25) is 9.59 Å². The molecule has 1 amide bonds. The van der Waals surface area contributed by atoms with Gasteiger partial charge in [-0.2, -0.15) is 0 Å². The van der Waals surface area contributed by atoms with Crippen molar-refractivity contribution in [3.63, 3.8) is 0 Å². The smallest absolute Gasteiger partial charge is 0.344 e. The van der Waals surface area contributed by atoms with Crippen molar-refractivity contribution in [2.75, 3.05) is 13.2 Å². The highest BCUT2D eigenvalue weighted by molar-refractivity contribution is 5.88. The lowest BCUT2D eigenvalue weighted by molar-refractivity contribution is -0.150. The Morgan fingerprint density at radius 1 is 0.929 bits per heavy atom. The zero-order valence-corrected chi connectivity index (χ0v) is 16.1. The van der Waals surface area contributed by atoms with Crippen molar-refractivity contribution in [1.29, 1.82) is 0 Å². The number of ketones is 1. The van der Waals surface area contributed by atoms with Crippen molar-refractivity contribution in [2.24, 2.45) is 0 Å². The summed E-state index contributed by atoms with van der Waals surface area (Å²) in [4.78, 5) is 35.6. The van der Waals surface area contributed by atoms with Crippen LogP contribution in [0.1, 0.15) is 25.0 Å². The molecule has 0 heterocycles. The Kier molecular flexibility index (Phi) is 8.21. The number of carbonyl (C=O) groups excluding carboxylic acids is 3. The van der Waals surface area contributed by atoms with Crippen LogP contribution in [0.2, 0.25) is 0 Å². The van der Waals surface area contributed by atoms with E-state index in [-0.39, 0.29) is 12.4 Å². The molecule has 1 N–H and O–H groups in total. The summed E-state index contributed by atoms with van der Waals surface area (Å²) >= 11 is 0. The highest BCUT2D eigenvalue weighted by atomic mass is 16.6. The number of Topliss-reactive ketones (excluding diaryl/α,β-unsaturated/α-hetero) is 1. The van der Waals surface area contributed by atoms with Crippen LogP contribution in [0.25, 0.3) is 0 Å². The Hall–Kier alpha value is -3.15. The number of carbonyl (C=O) groups is 3. The van der Waals surface area contributed by atoms with Crippen LogP contribution in [-0.4, -0.2) is 36.9 Å². The van der Waals surface area contributed by atoms with E-state index in [0.29, 0.717) is 12.2 Å². The lowest BCUT2D eigenvalue weighted by atomic mass is 10.0. The van der Waals surface area contributed by atoms with E-state index in [2.05, 4.69) is 12.2 Å². The van der Waals surface area contributed by atoms with Gasteiger partial charge in [-0.25, -0.2) is 4.79 Å². The molecule has 0 fully saturated rings. The summed E-state index contributed by atoms with van der Waals surface area (Å²) in [7, 11) is 0. The van der Waals surface area contributed by atoms with Crippen LogP contribution in [0.3, 0.4) is 0 Å². The highest BCUT2D eigenvalue weighted by Gasteiger charge is 2.18. The van der Waals surface area contributed by atoms with Gasteiger partial charge < -0.3 is 14.8 Å². The molecule has 2 rings (SSSR count). The zero-order valence-electron chi connectivity index (χ0n) is 16.1. The van der Waals surface area contributed by atoms with Crippen molar-refractivity contribution in [3.8, 4) is 5.75 Å². The largest absolute Gasteiger partial charge is 0.482 e. The van der Waals surface area contributed by atoms with Gasteiger partial charge in [0.25, 0.3) is 5.91 Å². The maximum Gasteiger partial charge on any atom is 0.344 e. The summed E-state index contributed by atoms with van der Waals surface area (Å²) in [5.74, 6) is -0.797. The third-order valence-corrected chi connectivity index (χ3v) is 4.16. The number of nitrogens with one attached hydrogen (secondary N) is 1. The Bertz CT molecular complexity index is 786. The van der Waals surface area contributed by atoms with E-state index >= 15 is 0 Å². The van der Waals surface area contributed by atoms with Gasteiger partial charge in [0, 0.05) is 0 Å². The summed E-state index contributed by atoms with van der Waals surface area (Å²) in [6.45, 7) is 2.71. The molecule has 0 aliphatic carbocycles. The molecule has 0 aliphatic rings. The second-order valence-electron chi connectivity index (χ2n) is 6.37. The Morgan fingerprint density at radius 3 is 2.21 bits per heavy atom. The Morgan fingerprint density at radius 2 is 1.61 bits per heavy atom. The predicted molar refractivity (Wildman–Crippen MR) is 105 cm³/mol. The minimum Gasteiger partial charge on any atom is -0.482 e. The molecule has 0 saturated carbocycles. The third-order valence-electron chi connectivity index (χ3n) is 4.16. The first-order valence-electron chi connectivity index (χ1n) is 9.19. The molecule has 2 aromatic rings. The number of hydrogen-bond acceptors (Lipinski definition) is 5. The van der Waals surface area contributed by atoms with Gasteiger partial charge in [0.05, 0.1) is 6.04 Å². The fourth-order valence-corrected chi connectivity index (χ4v) is 2.53. The second kappa shape index (κ2) is 10.9. The average Bonchev–Trinajstić information content (AvgIpc) is 2.71. The van der Waals surface area contributed by atoms with Crippen LogP contribution < -0.4 is 10.1 Å². The molecule has 0 unspecified atom stereocenters. The molecule has 0 spiro atoms. The van der Waals surface area contributed by atoms with E-state index in [9.17, 15) is 14.4 Å². The Balaban J connectivity index is 1.74. The van der Waals surface area contributed by atoms with Crippen LogP contribution in [0, 0.1) is 0 Å². The molecule has 1 atom stereocenters. The molecule has 148 valence electrons. The molecule has 2 aromatic carbocycles. The van der Waals surface area contributed by atoms with Gasteiger partial charge in [0.15, 0.2) is 19.0 Å². The summed E-state index contributed by atoms with van der Waals surface area (Å²) in [5, 5.41) is 2.60. The van der Waals surface area contributed by atoms with Gasteiger partial charge in [0.1, 0.15) is 5.75 Å². The molecule has 0 radical (unpaired) electrons. The van der Waals surface area contributed by atoms with E-state index < -0.39 is 24.5 Å². The number of hydrogen-bond donors (Lipinski definition) is 1. The van der Waals surface area contributed by atoms with Gasteiger partial charge >= 0.3 is 5.97 Å². The van der Waals surface area contributed by atoms with E-state index in [4.69, 9.17) is 9.47 Å². The van der Waals surface area contributed by atoms with Gasteiger partial charge in [-0.15, -0.1) is 0 Å². The Labute approximate surface area is 164 Å². The zero-order chi connectivity index (χ0) is 20.4. The van der Waals surface area contributed by atoms with E-state index in [1.165, 1.54) is 12.5 Å². The van der Waals surface area contributed by atoms with Crippen molar-refractivity contribution >= 4 is 17.7 Å². The predicted octanol–water partition coefficient (Wildman–Crippen LogP) is 2.49. The SMILES string of the molecule is CCc1ccc(OCC(=O)OCC(=O)N[C@@H](Cc2ccccc2)C(C)=O)cc1. The molecular formula is C22H25NO5. The lowest BCUT2D eigenvalue weighted by Gasteiger charge is -2.16. The quantitative estimate of drug-likeness (QED) is 0.638. The lowest BCUT2D eigenvalue weighted by Crippen LogP contribution is -2.43. The number of benzene rings is 2. The summed E-state index contributed by atoms with van der Waals surface area (Å²) in [6, 6.07) is 16.1. The topological polar surface area (TPSA) is 81.7 Å². The van der Waals surface area contributed by atoms with Crippen LogP contribution in [0.4, 0.5) is 0 Å². The molecule has 0 bridgehead atoms. The maximum atomic E-state index is 12.0. The van der Waals surface area contributed by atoms with Crippen LogP contribution >= 0.6 is 0 Å². The van der Waals surface area contributed by atoms with Crippen LogP contribution in [-0.2, 0) is 32.0 Å². The number of amides is 1. The van der Waals surface area contributed by atoms with Crippen molar-refractivity contribution in [1.82, 2.24) is 5.32 Å². The van der Waals surface area contributed by atoms with Crippen LogP contribution in [0.5, 0.6) is 5.75 Å². The number of esters is 1. The first-order chi connectivity index (χ1) is 13.5. The van der Waals surface area contributed by atoms with E-state index in [1.54, 1.807) is 12.1 Å². The highest BCUT2D eigenvalue weighted by Crippen LogP contribution is 2.12. The van der Waals surface area contributed by atoms with E-state index in [1.807, 2.05) is 42.5 Å². The monoisotopic (exact) mass is 383 g/mol. The molecular weight excluding hydrogens is 358 g/mol. The molecule has 6 heteroatoms. The molecule has 28 heavy (non-hydrogen) atoms. The molecule has 0 aliphatic heterocycles. The summed E-state index contributed by atoms with van der Waals surface area (Å²) < 4.78 is 10.3. The average molecular weight is 383 g/mol. The van der Waals surface area contributed by atoms with Gasteiger partial charge in [-0.05, 0) is 43.0 Å². The van der Waals surface area contributed by atoms with Crippen molar-refractivity contribution < 1.29 is 23.9 Å². The standard InChI is InChI=1S/C22H25NO5/c1-3-17-9-11-19(12-10-17)27-15-22(26)28-14-21(25)23-20(16(2)24)13-18-7-5-4-6-8-18/h4-12,20H,3,13-15H2,1-2H3,(H,23,25)/t20-/m0/s1. The summed E-state index contributed by atoms with van der Waals surface area (Å²) in [6.07, 6.45) is 1.30. The fraction of sp³-hybridized carbons (Fsp3) is 0.318. The molecule has 0 saturated heterocycles. The van der Waals surface area contributed by atoms with Crippen molar-refractivity contribution in [3.05, 3.63) is 65.7 Å². The third kappa shape index (κ3) is 7.23. The number of ether oxygens (including phenoxy) is 2. The number of aryl methyl sites for hydroxylation is 1. The first-order valence-corrected chi connectivity index (χ1v) is 9.19.